The predicted molar refractivity (Wildman–Crippen MR) is 145 cm³/mol. The fourth-order valence-electron chi connectivity index (χ4n) is 4.16. The second-order valence-corrected chi connectivity index (χ2v) is 8.86. The minimum atomic E-state index is -0.277. The van der Waals surface area contributed by atoms with Crippen LogP contribution in [-0.2, 0) is 7.05 Å². The molecule has 2 aromatic heterocycles. The number of hydrogen-bond acceptors (Lipinski definition) is 6. The summed E-state index contributed by atoms with van der Waals surface area (Å²) in [5.74, 6) is 0.645. The Hall–Kier alpha value is -4.72. The molecule has 0 saturated heterocycles. The van der Waals surface area contributed by atoms with E-state index in [1.54, 1.807) is 49.5 Å². The highest BCUT2D eigenvalue weighted by atomic mass is 16.3. The van der Waals surface area contributed by atoms with Crippen LogP contribution in [0.2, 0.25) is 0 Å². The van der Waals surface area contributed by atoms with Crippen molar-refractivity contribution in [3.63, 3.8) is 0 Å². The van der Waals surface area contributed by atoms with E-state index in [1.165, 1.54) is 4.57 Å². The molecule has 0 unspecified atom stereocenters. The van der Waals surface area contributed by atoms with Gasteiger partial charge in [0.15, 0.2) is 11.4 Å². The van der Waals surface area contributed by atoms with Crippen molar-refractivity contribution in [3.8, 4) is 22.7 Å². The number of rotatable bonds is 7. The molecule has 2 heterocycles. The van der Waals surface area contributed by atoms with Gasteiger partial charge < -0.3 is 19.2 Å². The lowest BCUT2D eigenvalue weighted by molar-refractivity contribution is 0.0795. The van der Waals surface area contributed by atoms with Crippen LogP contribution in [0.25, 0.3) is 33.8 Å². The fraction of sp³-hybridized carbons (Fsp3) is 0.172. The molecule has 5 rings (SSSR count). The largest absolute Gasteiger partial charge is 0.435 e. The Morgan fingerprint density at radius 2 is 1.76 bits per heavy atom. The van der Waals surface area contributed by atoms with E-state index in [1.807, 2.05) is 55.5 Å². The summed E-state index contributed by atoms with van der Waals surface area (Å²) < 4.78 is 7.63. The van der Waals surface area contributed by atoms with Gasteiger partial charge in [-0.3, -0.25) is 9.59 Å². The number of para-hydroxylation sites is 1. The second kappa shape index (κ2) is 10.1. The Bertz CT molecular complexity index is 1620. The summed E-state index contributed by atoms with van der Waals surface area (Å²) in [6, 6.07) is 22.4. The van der Waals surface area contributed by atoms with Gasteiger partial charge in [0.2, 0.25) is 5.89 Å². The van der Waals surface area contributed by atoms with E-state index in [-0.39, 0.29) is 17.3 Å². The first kappa shape index (κ1) is 24.0. The minimum Gasteiger partial charge on any atom is -0.435 e. The molecule has 0 aliphatic carbocycles. The van der Waals surface area contributed by atoms with Crippen LogP contribution in [0.1, 0.15) is 23.7 Å². The number of carbonyl (C=O) groups is 1. The van der Waals surface area contributed by atoms with Gasteiger partial charge in [0, 0.05) is 49.2 Å². The van der Waals surface area contributed by atoms with E-state index in [0.717, 1.165) is 17.5 Å². The molecular weight excluding hydrogens is 466 g/mol. The van der Waals surface area contributed by atoms with Crippen LogP contribution in [0.3, 0.4) is 0 Å². The third kappa shape index (κ3) is 4.86. The SMILES string of the molecule is CCCN(C)C(=O)c1ccc(Nc2nc(-c3cccc4nc(-c5ccccc5)oc34)cn(C)c2=O)cc1. The number of carbonyl (C=O) groups excluding carboxylic acids is 1. The van der Waals surface area contributed by atoms with Gasteiger partial charge in [0.1, 0.15) is 5.52 Å². The van der Waals surface area contributed by atoms with E-state index < -0.39 is 0 Å². The number of anilines is 2. The predicted octanol–water partition coefficient (Wildman–Crippen LogP) is 5.48. The quantitative estimate of drug-likeness (QED) is 0.323. The van der Waals surface area contributed by atoms with Crippen LogP contribution in [-0.4, -0.2) is 38.9 Å². The Balaban J connectivity index is 1.48. The molecule has 1 N–H and O–H groups in total. The third-order valence-electron chi connectivity index (χ3n) is 6.08. The van der Waals surface area contributed by atoms with Crippen molar-refractivity contribution in [1.82, 2.24) is 19.4 Å². The van der Waals surface area contributed by atoms with Gasteiger partial charge in [0.25, 0.3) is 11.5 Å². The van der Waals surface area contributed by atoms with E-state index in [2.05, 4.69) is 15.3 Å². The standard InChI is InChI=1S/C29H27N5O3/c1-4-17-33(2)28(35)20-13-15-21(16-14-20)30-26-29(36)34(3)18-24(31-26)22-11-8-12-23-25(22)37-27(32-23)19-9-6-5-7-10-19/h5-16,18H,4,17H2,1-3H3,(H,30,31). The smallest absolute Gasteiger partial charge is 0.293 e. The molecule has 8 heteroatoms. The number of nitrogens with zero attached hydrogens (tertiary/aromatic N) is 4. The first-order valence-electron chi connectivity index (χ1n) is 12.1. The first-order chi connectivity index (χ1) is 17.9. The summed E-state index contributed by atoms with van der Waals surface area (Å²) in [5, 5.41) is 3.11. The molecule has 0 radical (unpaired) electrons. The first-order valence-corrected chi connectivity index (χ1v) is 12.1. The molecule has 0 fully saturated rings. The summed E-state index contributed by atoms with van der Waals surface area (Å²) in [4.78, 5) is 36.4. The molecule has 3 aromatic carbocycles. The van der Waals surface area contributed by atoms with Gasteiger partial charge in [-0.05, 0) is 55.0 Å². The van der Waals surface area contributed by atoms with Crippen molar-refractivity contribution in [2.24, 2.45) is 7.05 Å². The van der Waals surface area contributed by atoms with Crippen molar-refractivity contribution >= 4 is 28.5 Å². The highest BCUT2D eigenvalue weighted by molar-refractivity contribution is 5.94. The van der Waals surface area contributed by atoms with Gasteiger partial charge in [-0.1, -0.05) is 31.2 Å². The summed E-state index contributed by atoms with van der Waals surface area (Å²) in [7, 11) is 3.47. The van der Waals surface area contributed by atoms with Gasteiger partial charge in [-0.2, -0.15) is 0 Å². The van der Waals surface area contributed by atoms with Gasteiger partial charge >= 0.3 is 0 Å². The topological polar surface area (TPSA) is 93.3 Å². The number of benzene rings is 3. The fourth-order valence-corrected chi connectivity index (χ4v) is 4.16. The molecule has 5 aromatic rings. The average molecular weight is 494 g/mol. The molecule has 0 spiro atoms. The zero-order valence-corrected chi connectivity index (χ0v) is 20.9. The van der Waals surface area contributed by atoms with Crippen molar-refractivity contribution in [3.05, 3.63) is 94.9 Å². The highest BCUT2D eigenvalue weighted by Gasteiger charge is 2.16. The van der Waals surface area contributed by atoms with Crippen molar-refractivity contribution in [2.75, 3.05) is 18.9 Å². The number of fused-ring (bicyclic) bond motifs is 1. The monoisotopic (exact) mass is 493 g/mol. The van der Waals surface area contributed by atoms with E-state index in [9.17, 15) is 9.59 Å². The average Bonchev–Trinajstić information content (AvgIpc) is 3.36. The van der Waals surface area contributed by atoms with Crippen LogP contribution >= 0.6 is 0 Å². The third-order valence-corrected chi connectivity index (χ3v) is 6.08. The highest BCUT2D eigenvalue weighted by Crippen LogP contribution is 2.31. The summed E-state index contributed by atoms with van der Waals surface area (Å²) in [5.41, 5.74) is 4.43. The maximum absolute atomic E-state index is 12.9. The second-order valence-electron chi connectivity index (χ2n) is 8.86. The van der Waals surface area contributed by atoms with E-state index >= 15 is 0 Å². The Kier molecular flexibility index (Phi) is 6.55. The lowest BCUT2D eigenvalue weighted by Gasteiger charge is -2.16. The lowest BCUT2D eigenvalue weighted by Crippen LogP contribution is -2.27. The van der Waals surface area contributed by atoms with Crippen molar-refractivity contribution in [2.45, 2.75) is 13.3 Å². The zero-order valence-electron chi connectivity index (χ0n) is 20.9. The maximum atomic E-state index is 12.9. The minimum absolute atomic E-state index is 0.0422. The Morgan fingerprint density at radius 3 is 2.49 bits per heavy atom. The van der Waals surface area contributed by atoms with Gasteiger partial charge in [-0.25, -0.2) is 9.97 Å². The Labute approximate surface area is 214 Å². The summed E-state index contributed by atoms with van der Waals surface area (Å²) in [6.45, 7) is 2.72. The molecule has 37 heavy (non-hydrogen) atoms. The Morgan fingerprint density at radius 1 is 1.00 bits per heavy atom. The molecule has 186 valence electrons. The number of aryl methyl sites for hydroxylation is 1. The normalized spacial score (nSPS) is 11.0. The summed E-state index contributed by atoms with van der Waals surface area (Å²) in [6.07, 6.45) is 2.57. The molecule has 0 atom stereocenters. The van der Waals surface area contributed by atoms with Crippen molar-refractivity contribution in [1.29, 1.82) is 0 Å². The molecule has 8 nitrogen and oxygen atoms in total. The van der Waals surface area contributed by atoms with Crippen LogP contribution in [0.15, 0.2) is 88.2 Å². The molecular formula is C29H27N5O3. The number of amides is 1. The van der Waals surface area contributed by atoms with Crippen LogP contribution in [0, 0.1) is 0 Å². The molecule has 0 bridgehead atoms. The number of aromatic nitrogens is 3. The molecule has 0 aliphatic rings. The zero-order chi connectivity index (χ0) is 25.9. The van der Waals surface area contributed by atoms with Crippen LogP contribution in [0.4, 0.5) is 11.5 Å². The molecule has 0 aliphatic heterocycles. The number of hydrogen-bond donors (Lipinski definition) is 1. The maximum Gasteiger partial charge on any atom is 0.293 e. The number of nitrogens with one attached hydrogen (secondary N) is 1. The van der Waals surface area contributed by atoms with E-state index in [4.69, 9.17) is 4.42 Å². The summed E-state index contributed by atoms with van der Waals surface area (Å²) >= 11 is 0. The molecule has 1 amide bonds. The van der Waals surface area contributed by atoms with Gasteiger partial charge in [-0.15, -0.1) is 0 Å². The van der Waals surface area contributed by atoms with Crippen molar-refractivity contribution < 1.29 is 9.21 Å². The van der Waals surface area contributed by atoms with Crippen LogP contribution < -0.4 is 10.9 Å². The number of oxazole rings is 1. The molecule has 0 saturated carbocycles. The van der Waals surface area contributed by atoms with Crippen LogP contribution in [0.5, 0.6) is 0 Å². The van der Waals surface area contributed by atoms with E-state index in [0.29, 0.717) is 40.5 Å². The van der Waals surface area contributed by atoms with Gasteiger partial charge in [0.05, 0.1) is 5.69 Å². The lowest BCUT2D eigenvalue weighted by atomic mass is 10.1.